The van der Waals surface area contributed by atoms with Crippen molar-refractivity contribution in [2.45, 2.75) is 89.7 Å². The second-order valence-corrected chi connectivity index (χ2v) is 17.4. The summed E-state index contributed by atoms with van der Waals surface area (Å²) in [4.78, 5) is 26.8. The Labute approximate surface area is 294 Å². The van der Waals surface area contributed by atoms with Crippen LogP contribution in [-0.4, -0.2) is 104 Å². The van der Waals surface area contributed by atoms with Gasteiger partial charge in [-0.3, -0.25) is 9.69 Å². The van der Waals surface area contributed by atoms with Crippen molar-refractivity contribution in [3.63, 3.8) is 0 Å². The lowest BCUT2D eigenvalue weighted by Crippen LogP contribution is -2.58. The van der Waals surface area contributed by atoms with Gasteiger partial charge in [0.05, 0.1) is 36.3 Å². The number of fused-ring (bicyclic) bond motifs is 2. The molecule has 0 aliphatic carbocycles. The average Bonchev–Trinajstić information content (AvgIpc) is 3.78. The number of hydrogen-bond acceptors (Lipinski definition) is 9. The van der Waals surface area contributed by atoms with E-state index < -0.39 is 52.6 Å². The van der Waals surface area contributed by atoms with Gasteiger partial charge in [-0.1, -0.05) is 65.0 Å². The summed E-state index contributed by atoms with van der Waals surface area (Å²) in [6.07, 6.45) is -1.64. The smallest absolute Gasteiger partial charge is 0.407 e. The SMILES string of the molecule is CC(C)(C)CC(=O)NCCC(C)(C)CN(C[C@@H](O)[C@H](Cc1ccccc1)N(C(=O)O)[C@H]1CO[C@H]2OCC[C@H]21)S(=O)(=O)c1ccc2c(c1)OCO2. The molecule has 50 heavy (non-hydrogen) atoms. The Morgan fingerprint density at radius 3 is 2.44 bits per heavy atom. The highest BCUT2D eigenvalue weighted by atomic mass is 32.2. The third-order valence-electron chi connectivity index (χ3n) is 9.47. The number of rotatable bonds is 15. The summed E-state index contributed by atoms with van der Waals surface area (Å²) in [5.41, 5.74) is -0.0491. The van der Waals surface area contributed by atoms with Gasteiger partial charge in [0.15, 0.2) is 17.8 Å². The van der Waals surface area contributed by atoms with E-state index in [1.165, 1.54) is 27.4 Å². The van der Waals surface area contributed by atoms with Gasteiger partial charge in [0.2, 0.25) is 22.7 Å². The van der Waals surface area contributed by atoms with Gasteiger partial charge in [-0.15, -0.1) is 0 Å². The quantitative estimate of drug-likeness (QED) is 0.245. The number of ether oxygens (including phenoxy) is 4. The zero-order valence-electron chi connectivity index (χ0n) is 29.5. The summed E-state index contributed by atoms with van der Waals surface area (Å²) < 4.78 is 52.5. The molecule has 5 atom stereocenters. The molecule has 0 radical (unpaired) electrons. The first kappa shape index (κ1) is 37.8. The highest BCUT2D eigenvalue weighted by Gasteiger charge is 2.49. The third-order valence-corrected chi connectivity index (χ3v) is 11.3. The third kappa shape index (κ3) is 9.26. The van der Waals surface area contributed by atoms with Crippen LogP contribution in [-0.2, 0) is 30.7 Å². The number of hydrogen-bond donors (Lipinski definition) is 3. The highest BCUT2D eigenvalue weighted by molar-refractivity contribution is 7.89. The van der Waals surface area contributed by atoms with Crippen molar-refractivity contribution in [1.82, 2.24) is 14.5 Å². The van der Waals surface area contributed by atoms with E-state index in [0.29, 0.717) is 43.9 Å². The fourth-order valence-corrected chi connectivity index (χ4v) is 8.60. The Hall–Kier alpha value is -3.43. The molecule has 2 saturated heterocycles. The number of amides is 2. The van der Waals surface area contributed by atoms with Crippen molar-refractivity contribution >= 4 is 22.0 Å². The van der Waals surface area contributed by atoms with Crippen molar-refractivity contribution in [2.24, 2.45) is 16.7 Å². The van der Waals surface area contributed by atoms with Crippen LogP contribution in [0.3, 0.4) is 0 Å². The van der Waals surface area contributed by atoms with Gasteiger partial charge in [-0.25, -0.2) is 13.2 Å². The van der Waals surface area contributed by atoms with Crippen molar-refractivity contribution in [1.29, 1.82) is 0 Å². The summed E-state index contributed by atoms with van der Waals surface area (Å²) in [7, 11) is -4.26. The van der Waals surface area contributed by atoms with Gasteiger partial charge in [-0.05, 0) is 47.8 Å². The van der Waals surface area contributed by atoms with Crippen LogP contribution in [0.1, 0.15) is 59.4 Å². The predicted octanol–water partition coefficient (Wildman–Crippen LogP) is 4.09. The molecule has 2 fully saturated rings. The summed E-state index contributed by atoms with van der Waals surface area (Å²) >= 11 is 0. The first-order valence-electron chi connectivity index (χ1n) is 17.2. The Morgan fingerprint density at radius 2 is 1.74 bits per heavy atom. The molecule has 3 heterocycles. The van der Waals surface area contributed by atoms with E-state index in [-0.39, 0.29) is 48.5 Å². The van der Waals surface area contributed by atoms with Gasteiger partial charge in [-0.2, -0.15) is 4.31 Å². The minimum absolute atomic E-state index is 0.0216. The molecule has 2 amide bonds. The van der Waals surface area contributed by atoms with E-state index >= 15 is 0 Å². The van der Waals surface area contributed by atoms with Crippen molar-refractivity contribution in [3.8, 4) is 11.5 Å². The summed E-state index contributed by atoms with van der Waals surface area (Å²) in [6.45, 7) is 10.2. The number of aliphatic hydroxyl groups is 1. The highest BCUT2D eigenvalue weighted by Crippen LogP contribution is 2.38. The number of aliphatic hydroxyl groups excluding tert-OH is 1. The molecule has 3 aliphatic rings. The number of benzene rings is 2. The summed E-state index contributed by atoms with van der Waals surface area (Å²) in [5, 5.41) is 25.7. The van der Waals surface area contributed by atoms with E-state index in [1.807, 2.05) is 65.0 Å². The van der Waals surface area contributed by atoms with Gasteiger partial charge < -0.3 is 34.5 Å². The molecule has 276 valence electrons. The maximum Gasteiger partial charge on any atom is 0.407 e. The molecule has 14 heteroatoms. The molecule has 5 rings (SSSR count). The van der Waals surface area contributed by atoms with E-state index in [0.717, 1.165) is 5.56 Å². The fraction of sp³-hybridized carbons (Fsp3) is 0.611. The lowest BCUT2D eigenvalue weighted by Gasteiger charge is -2.40. The Morgan fingerprint density at radius 1 is 1.02 bits per heavy atom. The molecule has 3 aliphatic heterocycles. The van der Waals surface area contributed by atoms with Crippen LogP contribution in [0.4, 0.5) is 4.79 Å². The van der Waals surface area contributed by atoms with Crippen molar-refractivity contribution in [2.75, 3.05) is 39.6 Å². The lowest BCUT2D eigenvalue weighted by molar-refractivity contribution is -0.122. The zero-order valence-corrected chi connectivity index (χ0v) is 30.4. The number of carbonyl (C=O) groups is 2. The van der Waals surface area contributed by atoms with Crippen LogP contribution in [0.25, 0.3) is 0 Å². The molecule has 0 bridgehead atoms. The van der Waals surface area contributed by atoms with E-state index in [2.05, 4.69) is 5.32 Å². The molecule has 2 aromatic carbocycles. The topological polar surface area (TPSA) is 164 Å². The molecular formula is C36H51N3O10S. The van der Waals surface area contributed by atoms with Crippen LogP contribution in [0.2, 0.25) is 0 Å². The average molecular weight is 718 g/mol. The lowest BCUT2D eigenvalue weighted by atomic mass is 9.88. The maximum absolute atomic E-state index is 14.5. The second kappa shape index (κ2) is 15.4. The minimum Gasteiger partial charge on any atom is -0.465 e. The first-order valence-corrected chi connectivity index (χ1v) is 18.6. The van der Waals surface area contributed by atoms with Crippen LogP contribution in [0.5, 0.6) is 11.5 Å². The molecule has 0 spiro atoms. The monoisotopic (exact) mass is 717 g/mol. The zero-order chi connectivity index (χ0) is 36.3. The number of sulfonamides is 1. The maximum atomic E-state index is 14.5. The van der Waals surface area contributed by atoms with Crippen LogP contribution >= 0.6 is 0 Å². The van der Waals surface area contributed by atoms with E-state index in [1.54, 1.807) is 0 Å². The molecule has 13 nitrogen and oxygen atoms in total. The molecule has 0 saturated carbocycles. The van der Waals surface area contributed by atoms with E-state index in [4.69, 9.17) is 18.9 Å². The molecule has 0 aromatic heterocycles. The van der Waals surface area contributed by atoms with Crippen LogP contribution in [0.15, 0.2) is 53.4 Å². The normalized spacial score (nSPS) is 21.5. The number of carbonyl (C=O) groups excluding carboxylic acids is 1. The largest absolute Gasteiger partial charge is 0.465 e. The molecule has 0 unspecified atom stereocenters. The first-order chi connectivity index (χ1) is 23.5. The number of carboxylic acid groups (broad SMARTS) is 1. The van der Waals surface area contributed by atoms with Gasteiger partial charge in [0, 0.05) is 38.0 Å². The van der Waals surface area contributed by atoms with Crippen LogP contribution < -0.4 is 14.8 Å². The Kier molecular flexibility index (Phi) is 11.7. The van der Waals surface area contributed by atoms with Gasteiger partial charge >= 0.3 is 6.09 Å². The minimum atomic E-state index is -4.26. The Bertz CT molecular complexity index is 1600. The predicted molar refractivity (Wildman–Crippen MR) is 184 cm³/mol. The van der Waals surface area contributed by atoms with E-state index in [9.17, 15) is 28.2 Å². The number of nitrogens with one attached hydrogen (secondary N) is 1. The van der Waals surface area contributed by atoms with Gasteiger partial charge in [0.1, 0.15) is 0 Å². The van der Waals surface area contributed by atoms with Crippen molar-refractivity contribution in [3.05, 3.63) is 54.1 Å². The molecule has 3 N–H and O–H groups in total. The summed E-state index contributed by atoms with van der Waals surface area (Å²) in [6, 6.07) is 12.0. The summed E-state index contributed by atoms with van der Waals surface area (Å²) in [5.74, 6) is 0.421. The van der Waals surface area contributed by atoms with Crippen LogP contribution in [0, 0.1) is 16.7 Å². The standard InChI is InChI=1S/C36H51N3O10S/c1-35(2,3)19-32(41)37-15-14-36(4,5)22-38(50(44,45)25-11-12-30-31(18-25)49-23-48-30)20-29(40)27(17-24-9-7-6-8-10-24)39(34(42)43)28-21-47-33-26(28)13-16-46-33/h6-12,18,26-29,33,40H,13-17,19-23H2,1-5H3,(H,37,41)(H,42,43)/t26-,27-,28-,29+,33+/m0/s1. The molecule has 2 aromatic rings. The molecular weight excluding hydrogens is 666 g/mol. The van der Waals surface area contributed by atoms with Gasteiger partial charge in [0.25, 0.3) is 0 Å². The number of nitrogens with zero attached hydrogens (tertiary/aromatic N) is 2. The van der Waals surface area contributed by atoms with Crippen molar-refractivity contribution < 1.29 is 47.2 Å². The fourth-order valence-electron chi connectivity index (χ4n) is 6.94. The Balaban J connectivity index is 1.44. The second-order valence-electron chi connectivity index (χ2n) is 15.4.